The average Bonchev–Trinajstić information content (AvgIpc) is 3.32. The van der Waals surface area contributed by atoms with Gasteiger partial charge in [0.15, 0.2) is 17.3 Å². The molecule has 0 aromatic heterocycles. The molecule has 0 N–H and O–H groups in total. The largest absolute Gasteiger partial charge is 0.457 e. The van der Waals surface area contributed by atoms with Crippen LogP contribution in [-0.4, -0.2) is 17.3 Å². The van der Waals surface area contributed by atoms with Gasteiger partial charge in [-0.15, -0.1) is 0 Å². The van der Waals surface area contributed by atoms with Gasteiger partial charge in [-0.25, -0.2) is 0 Å². The van der Waals surface area contributed by atoms with E-state index in [0.29, 0.717) is 39.3 Å². The van der Waals surface area contributed by atoms with Crippen molar-refractivity contribution < 1.29 is 19.1 Å². The van der Waals surface area contributed by atoms with Crippen LogP contribution in [0.25, 0.3) is 5.57 Å². The van der Waals surface area contributed by atoms with Crippen molar-refractivity contribution in [3.8, 4) is 11.5 Å². The van der Waals surface area contributed by atoms with E-state index < -0.39 is 11.8 Å². The summed E-state index contributed by atoms with van der Waals surface area (Å²) >= 11 is 0. The van der Waals surface area contributed by atoms with Crippen LogP contribution in [0.5, 0.6) is 11.5 Å². The number of para-hydroxylation sites is 2. The summed E-state index contributed by atoms with van der Waals surface area (Å²) in [6.45, 7) is 0. The highest BCUT2D eigenvalue weighted by atomic mass is 16.5. The SMILES string of the molecule is O=C1C(=C2c3ccccc3C(=O)[C@@H]2C2c3ccccc3Oc3ccccc32)C(=O)c2ccccc21. The van der Waals surface area contributed by atoms with Gasteiger partial charge in [0, 0.05) is 33.7 Å². The Bertz CT molecular complexity index is 1560. The lowest BCUT2D eigenvalue weighted by molar-refractivity contribution is 0.0949. The van der Waals surface area contributed by atoms with E-state index in [9.17, 15) is 14.4 Å². The maximum Gasteiger partial charge on any atom is 0.198 e. The number of hydrogen-bond donors (Lipinski definition) is 0. The minimum atomic E-state index is -0.726. The van der Waals surface area contributed by atoms with Crippen molar-refractivity contribution in [2.24, 2.45) is 5.92 Å². The van der Waals surface area contributed by atoms with Gasteiger partial charge in [0.25, 0.3) is 0 Å². The maximum atomic E-state index is 14.1. The normalized spacial score (nSPS) is 18.2. The van der Waals surface area contributed by atoms with Gasteiger partial charge in [0.1, 0.15) is 11.5 Å². The smallest absolute Gasteiger partial charge is 0.198 e. The highest BCUT2D eigenvalue weighted by molar-refractivity contribution is 6.43. The molecule has 0 spiro atoms. The molecule has 0 fully saturated rings. The number of carbonyl (C=O) groups is 3. The van der Waals surface area contributed by atoms with Crippen molar-refractivity contribution in [1.29, 1.82) is 0 Å². The Hall–Kier alpha value is -4.57. The molecule has 0 radical (unpaired) electrons. The van der Waals surface area contributed by atoms with Crippen molar-refractivity contribution >= 4 is 22.9 Å². The number of benzene rings is 4. The summed E-state index contributed by atoms with van der Waals surface area (Å²) in [4.78, 5) is 41.3. The Labute approximate surface area is 201 Å². The number of carbonyl (C=O) groups excluding carboxylic acids is 3. The van der Waals surface area contributed by atoms with Crippen LogP contribution in [0.2, 0.25) is 0 Å². The fourth-order valence-corrected chi connectivity index (χ4v) is 5.81. The van der Waals surface area contributed by atoms with Crippen LogP contribution in [0, 0.1) is 5.92 Å². The number of hydrogen-bond acceptors (Lipinski definition) is 4. The Morgan fingerprint density at radius 2 is 0.943 bits per heavy atom. The van der Waals surface area contributed by atoms with E-state index >= 15 is 0 Å². The van der Waals surface area contributed by atoms with Gasteiger partial charge < -0.3 is 4.74 Å². The Kier molecular flexibility index (Phi) is 4.09. The molecule has 1 aliphatic heterocycles. The van der Waals surface area contributed by atoms with Crippen LogP contribution < -0.4 is 4.74 Å². The number of rotatable bonds is 1. The number of Topliss-reactive ketones (excluding diaryl/α,β-unsaturated/α-hetero) is 3. The highest BCUT2D eigenvalue weighted by Crippen LogP contribution is 2.55. The second-order valence-electron chi connectivity index (χ2n) is 9.04. The zero-order valence-electron chi connectivity index (χ0n) is 18.5. The first kappa shape index (κ1) is 19.9. The number of ether oxygens (including phenoxy) is 1. The van der Waals surface area contributed by atoms with E-state index in [1.807, 2.05) is 66.7 Å². The van der Waals surface area contributed by atoms with Crippen molar-refractivity contribution in [2.75, 3.05) is 0 Å². The van der Waals surface area contributed by atoms with E-state index in [1.54, 1.807) is 30.3 Å². The fourth-order valence-electron chi connectivity index (χ4n) is 5.81. The molecule has 3 aliphatic rings. The van der Waals surface area contributed by atoms with Crippen molar-refractivity contribution in [3.63, 3.8) is 0 Å². The quantitative estimate of drug-likeness (QED) is 0.251. The molecule has 7 rings (SSSR count). The third-order valence-corrected chi connectivity index (χ3v) is 7.28. The van der Waals surface area contributed by atoms with Gasteiger partial charge >= 0.3 is 0 Å². The number of fused-ring (bicyclic) bond motifs is 4. The molecule has 1 atom stereocenters. The lowest BCUT2D eigenvalue weighted by Crippen LogP contribution is -2.24. The number of ketones is 3. The molecule has 0 bridgehead atoms. The van der Waals surface area contributed by atoms with Crippen LogP contribution in [0.4, 0.5) is 0 Å². The zero-order chi connectivity index (χ0) is 23.7. The van der Waals surface area contributed by atoms with Crippen LogP contribution >= 0.6 is 0 Å². The molecule has 0 saturated heterocycles. The van der Waals surface area contributed by atoms with Gasteiger partial charge in [-0.2, -0.15) is 0 Å². The topological polar surface area (TPSA) is 60.4 Å². The van der Waals surface area contributed by atoms with E-state index in [-0.39, 0.29) is 22.9 Å². The predicted octanol–water partition coefficient (Wildman–Crippen LogP) is 6.27. The molecule has 166 valence electrons. The molecule has 4 aromatic rings. The van der Waals surface area contributed by atoms with Crippen LogP contribution in [-0.2, 0) is 0 Å². The summed E-state index contributed by atoms with van der Waals surface area (Å²) in [5.41, 5.74) is 4.35. The molecular formula is C31H18O4. The Morgan fingerprint density at radius 1 is 0.486 bits per heavy atom. The monoisotopic (exact) mass is 454 g/mol. The summed E-state index contributed by atoms with van der Waals surface area (Å²) in [6, 6.07) is 29.5. The molecule has 0 amide bonds. The van der Waals surface area contributed by atoms with Crippen LogP contribution in [0.15, 0.2) is 103 Å². The summed E-state index contributed by atoms with van der Waals surface area (Å²) < 4.78 is 6.17. The van der Waals surface area contributed by atoms with Crippen LogP contribution in [0.3, 0.4) is 0 Å². The summed E-state index contributed by atoms with van der Waals surface area (Å²) in [5.74, 6) is -0.490. The third-order valence-electron chi connectivity index (χ3n) is 7.28. The lowest BCUT2D eigenvalue weighted by atomic mass is 9.73. The number of allylic oxidation sites excluding steroid dienone is 2. The average molecular weight is 454 g/mol. The summed E-state index contributed by atoms with van der Waals surface area (Å²) in [5, 5.41) is 0. The van der Waals surface area contributed by atoms with Gasteiger partial charge in [-0.05, 0) is 23.3 Å². The predicted molar refractivity (Wildman–Crippen MR) is 131 cm³/mol. The lowest BCUT2D eigenvalue weighted by Gasteiger charge is -2.32. The summed E-state index contributed by atoms with van der Waals surface area (Å²) in [6.07, 6.45) is 0. The van der Waals surface area contributed by atoms with E-state index in [0.717, 1.165) is 11.1 Å². The van der Waals surface area contributed by atoms with Gasteiger partial charge in [-0.1, -0.05) is 84.9 Å². The summed E-state index contributed by atoms with van der Waals surface area (Å²) in [7, 11) is 0. The standard InChI is InChI=1S/C31H18O4/c32-29-18-10-2-1-9-17(18)26(28-30(33)19-11-3-4-12-20(19)31(28)34)27(29)25-21-13-5-7-15-23(21)35-24-16-8-6-14-22(24)25/h1-16,25,27H/t27-/m1/s1. The van der Waals surface area contributed by atoms with Gasteiger partial charge in [0.2, 0.25) is 0 Å². The van der Waals surface area contributed by atoms with Crippen molar-refractivity contribution in [3.05, 3.63) is 136 Å². The minimum absolute atomic E-state index is 0.0869. The third kappa shape index (κ3) is 2.65. The maximum absolute atomic E-state index is 14.1. The molecular weight excluding hydrogens is 436 g/mol. The first-order chi connectivity index (χ1) is 17.1. The first-order valence-electron chi connectivity index (χ1n) is 11.6. The fraction of sp³-hybridized carbons (Fsp3) is 0.0645. The Balaban J connectivity index is 1.54. The molecule has 1 heterocycles. The molecule has 4 aromatic carbocycles. The molecule has 0 unspecified atom stereocenters. The van der Waals surface area contributed by atoms with Gasteiger partial charge in [0.05, 0.1) is 11.5 Å². The molecule has 35 heavy (non-hydrogen) atoms. The van der Waals surface area contributed by atoms with Crippen molar-refractivity contribution in [2.45, 2.75) is 5.92 Å². The van der Waals surface area contributed by atoms with E-state index in [2.05, 4.69) is 0 Å². The molecule has 0 saturated carbocycles. The zero-order valence-corrected chi connectivity index (χ0v) is 18.5. The van der Waals surface area contributed by atoms with Crippen LogP contribution in [0.1, 0.15) is 53.7 Å². The first-order valence-corrected chi connectivity index (χ1v) is 11.6. The molecule has 4 nitrogen and oxygen atoms in total. The minimum Gasteiger partial charge on any atom is -0.457 e. The van der Waals surface area contributed by atoms with Gasteiger partial charge in [-0.3, -0.25) is 14.4 Å². The Morgan fingerprint density at radius 3 is 1.51 bits per heavy atom. The molecule has 4 heteroatoms. The van der Waals surface area contributed by atoms with E-state index in [1.165, 1.54) is 0 Å². The van der Waals surface area contributed by atoms with Crippen molar-refractivity contribution in [1.82, 2.24) is 0 Å². The highest BCUT2D eigenvalue weighted by Gasteiger charge is 2.49. The molecule has 2 aliphatic carbocycles. The van der Waals surface area contributed by atoms with E-state index in [4.69, 9.17) is 4.74 Å². The second-order valence-corrected chi connectivity index (χ2v) is 9.04. The second kappa shape index (κ2) is 7.21.